The van der Waals surface area contributed by atoms with E-state index in [9.17, 15) is 0 Å². The van der Waals surface area contributed by atoms with E-state index in [2.05, 4.69) is 55.5 Å². The van der Waals surface area contributed by atoms with Crippen molar-refractivity contribution in [2.45, 2.75) is 19.8 Å². The average molecular weight is 247 g/mol. The number of benzene rings is 2. The SMILES string of the molecule is CCCc1ccc(-c2ccc3ccccc3n2)cc1. The van der Waals surface area contributed by atoms with Gasteiger partial charge in [0.1, 0.15) is 0 Å². The normalized spacial score (nSPS) is 10.8. The van der Waals surface area contributed by atoms with Crippen molar-refractivity contribution in [1.82, 2.24) is 4.98 Å². The Kier molecular flexibility index (Phi) is 3.28. The van der Waals surface area contributed by atoms with E-state index in [0.29, 0.717) is 0 Å². The van der Waals surface area contributed by atoms with Gasteiger partial charge in [0.25, 0.3) is 0 Å². The van der Waals surface area contributed by atoms with Gasteiger partial charge in [-0.05, 0) is 24.1 Å². The molecule has 0 amide bonds. The van der Waals surface area contributed by atoms with Crippen LogP contribution in [0.5, 0.6) is 0 Å². The van der Waals surface area contributed by atoms with Crippen LogP contribution in [0.2, 0.25) is 0 Å². The minimum atomic E-state index is 1.04. The van der Waals surface area contributed by atoms with Crippen molar-refractivity contribution in [1.29, 1.82) is 0 Å². The van der Waals surface area contributed by atoms with Crippen molar-refractivity contribution in [3.8, 4) is 11.3 Å². The summed E-state index contributed by atoms with van der Waals surface area (Å²) in [6.07, 6.45) is 2.33. The average Bonchev–Trinajstić information content (AvgIpc) is 2.48. The first kappa shape index (κ1) is 11.9. The molecule has 0 fully saturated rings. The summed E-state index contributed by atoms with van der Waals surface area (Å²) in [7, 11) is 0. The summed E-state index contributed by atoms with van der Waals surface area (Å²) >= 11 is 0. The minimum Gasteiger partial charge on any atom is -0.248 e. The number of pyridine rings is 1. The maximum Gasteiger partial charge on any atom is 0.0709 e. The Morgan fingerprint density at radius 1 is 0.842 bits per heavy atom. The van der Waals surface area contributed by atoms with Crippen LogP contribution in [0.1, 0.15) is 18.9 Å². The topological polar surface area (TPSA) is 12.9 Å². The second kappa shape index (κ2) is 5.23. The number of rotatable bonds is 3. The second-order valence-corrected chi connectivity index (χ2v) is 4.84. The molecule has 0 spiro atoms. The zero-order valence-corrected chi connectivity index (χ0v) is 11.1. The fraction of sp³-hybridized carbons (Fsp3) is 0.167. The molecule has 0 N–H and O–H groups in total. The smallest absolute Gasteiger partial charge is 0.0709 e. The number of aryl methyl sites for hydroxylation is 1. The summed E-state index contributed by atoms with van der Waals surface area (Å²) in [4.78, 5) is 4.72. The van der Waals surface area contributed by atoms with E-state index in [1.807, 2.05) is 12.1 Å². The Balaban J connectivity index is 1.99. The van der Waals surface area contributed by atoms with Gasteiger partial charge in [0.15, 0.2) is 0 Å². The fourth-order valence-electron chi connectivity index (χ4n) is 2.36. The van der Waals surface area contributed by atoms with Crippen LogP contribution in [-0.2, 0) is 6.42 Å². The Morgan fingerprint density at radius 3 is 2.42 bits per heavy atom. The number of aromatic nitrogens is 1. The van der Waals surface area contributed by atoms with Crippen LogP contribution in [0, 0.1) is 0 Å². The molecule has 0 aliphatic heterocycles. The number of para-hydroxylation sites is 1. The highest BCUT2D eigenvalue weighted by atomic mass is 14.7. The zero-order valence-electron chi connectivity index (χ0n) is 11.1. The molecule has 0 saturated heterocycles. The van der Waals surface area contributed by atoms with Gasteiger partial charge in [-0.25, -0.2) is 4.98 Å². The molecule has 0 aliphatic carbocycles. The van der Waals surface area contributed by atoms with Crippen molar-refractivity contribution >= 4 is 10.9 Å². The van der Waals surface area contributed by atoms with E-state index in [1.165, 1.54) is 22.9 Å². The summed E-state index contributed by atoms with van der Waals surface area (Å²) in [6, 6.07) is 21.2. The highest BCUT2D eigenvalue weighted by molar-refractivity contribution is 5.81. The lowest BCUT2D eigenvalue weighted by atomic mass is 10.0. The Bertz CT molecular complexity index is 683. The number of hydrogen-bond donors (Lipinski definition) is 0. The Hall–Kier alpha value is -2.15. The molecule has 1 aromatic heterocycles. The van der Waals surface area contributed by atoms with Gasteiger partial charge < -0.3 is 0 Å². The predicted octanol–water partition coefficient (Wildman–Crippen LogP) is 4.85. The van der Waals surface area contributed by atoms with Crippen molar-refractivity contribution in [2.24, 2.45) is 0 Å². The first-order chi connectivity index (χ1) is 9.36. The van der Waals surface area contributed by atoms with Crippen molar-refractivity contribution in [2.75, 3.05) is 0 Å². The molecule has 0 bridgehead atoms. The predicted molar refractivity (Wildman–Crippen MR) is 81.2 cm³/mol. The van der Waals surface area contributed by atoms with Gasteiger partial charge in [0.2, 0.25) is 0 Å². The molecule has 0 radical (unpaired) electrons. The third kappa shape index (κ3) is 2.50. The van der Waals surface area contributed by atoms with Gasteiger partial charge >= 0.3 is 0 Å². The first-order valence-electron chi connectivity index (χ1n) is 6.82. The van der Waals surface area contributed by atoms with Crippen LogP contribution in [0.3, 0.4) is 0 Å². The summed E-state index contributed by atoms with van der Waals surface area (Å²) in [5, 5.41) is 1.19. The number of fused-ring (bicyclic) bond motifs is 1. The lowest BCUT2D eigenvalue weighted by Gasteiger charge is -2.04. The third-order valence-corrected chi connectivity index (χ3v) is 3.39. The summed E-state index contributed by atoms with van der Waals surface area (Å²) in [5.41, 5.74) is 4.68. The van der Waals surface area contributed by atoms with Crippen molar-refractivity contribution in [3.63, 3.8) is 0 Å². The van der Waals surface area contributed by atoms with Crippen LogP contribution in [0.4, 0.5) is 0 Å². The molecule has 94 valence electrons. The van der Waals surface area contributed by atoms with Gasteiger partial charge in [-0.2, -0.15) is 0 Å². The fourth-order valence-corrected chi connectivity index (χ4v) is 2.36. The molecule has 1 heterocycles. The minimum absolute atomic E-state index is 1.04. The quantitative estimate of drug-likeness (QED) is 0.644. The number of nitrogens with zero attached hydrogens (tertiary/aromatic N) is 1. The standard InChI is InChI=1S/C18H17N/c1-2-5-14-8-10-16(11-9-14)18-13-12-15-6-3-4-7-17(15)19-18/h3-4,6-13H,2,5H2,1H3. The molecular weight excluding hydrogens is 230 g/mol. The monoisotopic (exact) mass is 247 g/mol. The van der Waals surface area contributed by atoms with E-state index in [-0.39, 0.29) is 0 Å². The summed E-state index contributed by atoms with van der Waals surface area (Å²) in [5.74, 6) is 0. The molecule has 1 heteroatoms. The molecule has 19 heavy (non-hydrogen) atoms. The first-order valence-corrected chi connectivity index (χ1v) is 6.82. The maximum atomic E-state index is 4.72. The highest BCUT2D eigenvalue weighted by Gasteiger charge is 2.01. The van der Waals surface area contributed by atoms with Crippen LogP contribution >= 0.6 is 0 Å². The van der Waals surface area contributed by atoms with E-state index < -0.39 is 0 Å². The second-order valence-electron chi connectivity index (χ2n) is 4.84. The molecule has 0 saturated carbocycles. The van der Waals surface area contributed by atoms with Crippen molar-refractivity contribution < 1.29 is 0 Å². The molecule has 0 aliphatic rings. The van der Waals surface area contributed by atoms with Crippen molar-refractivity contribution in [3.05, 3.63) is 66.2 Å². The Morgan fingerprint density at radius 2 is 1.63 bits per heavy atom. The lowest BCUT2D eigenvalue weighted by Crippen LogP contribution is -1.87. The lowest BCUT2D eigenvalue weighted by molar-refractivity contribution is 0.922. The molecule has 3 aromatic rings. The van der Waals surface area contributed by atoms with Crippen LogP contribution < -0.4 is 0 Å². The van der Waals surface area contributed by atoms with E-state index >= 15 is 0 Å². The van der Waals surface area contributed by atoms with Gasteiger partial charge in [-0.3, -0.25) is 0 Å². The third-order valence-electron chi connectivity index (χ3n) is 3.39. The van der Waals surface area contributed by atoms with Gasteiger partial charge in [-0.1, -0.05) is 61.9 Å². The van der Waals surface area contributed by atoms with Crippen LogP contribution in [-0.4, -0.2) is 4.98 Å². The molecule has 2 aromatic carbocycles. The van der Waals surface area contributed by atoms with E-state index in [4.69, 9.17) is 4.98 Å². The van der Waals surface area contributed by atoms with Crippen LogP contribution in [0.25, 0.3) is 22.2 Å². The van der Waals surface area contributed by atoms with E-state index in [0.717, 1.165) is 17.6 Å². The highest BCUT2D eigenvalue weighted by Crippen LogP contribution is 2.21. The molecule has 3 rings (SSSR count). The summed E-state index contributed by atoms with van der Waals surface area (Å²) in [6.45, 7) is 2.21. The van der Waals surface area contributed by atoms with Gasteiger partial charge in [0, 0.05) is 10.9 Å². The molecule has 0 unspecified atom stereocenters. The zero-order chi connectivity index (χ0) is 13.1. The summed E-state index contributed by atoms with van der Waals surface area (Å²) < 4.78 is 0. The van der Waals surface area contributed by atoms with Crippen LogP contribution in [0.15, 0.2) is 60.7 Å². The van der Waals surface area contributed by atoms with Gasteiger partial charge in [0.05, 0.1) is 11.2 Å². The van der Waals surface area contributed by atoms with E-state index in [1.54, 1.807) is 0 Å². The molecular formula is C18H17N. The molecule has 1 nitrogen and oxygen atoms in total. The van der Waals surface area contributed by atoms with Gasteiger partial charge in [-0.15, -0.1) is 0 Å². The molecule has 0 atom stereocenters. The maximum absolute atomic E-state index is 4.72. The largest absolute Gasteiger partial charge is 0.248 e. The Labute approximate surface area is 113 Å². The number of hydrogen-bond acceptors (Lipinski definition) is 1.